The van der Waals surface area contributed by atoms with Gasteiger partial charge in [-0.05, 0) is 29.8 Å². The summed E-state index contributed by atoms with van der Waals surface area (Å²) in [6.07, 6.45) is -5.12. The van der Waals surface area contributed by atoms with Gasteiger partial charge < -0.3 is 10.1 Å². The number of Topliss-reactive ketones (excluding diaryl/α,β-unsaturated/α-hetero) is 1. The van der Waals surface area contributed by atoms with Crippen molar-refractivity contribution in [2.24, 2.45) is 0 Å². The van der Waals surface area contributed by atoms with Gasteiger partial charge in [0, 0.05) is 24.1 Å². The fourth-order valence-electron chi connectivity index (χ4n) is 2.03. The highest BCUT2D eigenvalue weighted by molar-refractivity contribution is 6.00. The summed E-state index contributed by atoms with van der Waals surface area (Å²) in [6, 6.07) is 14.1. The smallest absolute Gasteiger partial charge is 0.445 e. The van der Waals surface area contributed by atoms with Crippen molar-refractivity contribution in [2.75, 3.05) is 6.54 Å². The minimum atomic E-state index is -4.89. The van der Waals surface area contributed by atoms with Crippen molar-refractivity contribution in [1.82, 2.24) is 5.32 Å². The third-order valence-electron chi connectivity index (χ3n) is 3.37. The van der Waals surface area contributed by atoms with Crippen LogP contribution in [-0.4, -0.2) is 24.6 Å². The van der Waals surface area contributed by atoms with E-state index in [4.69, 9.17) is 4.74 Å². The Hall–Kier alpha value is -3.27. The van der Waals surface area contributed by atoms with Crippen molar-refractivity contribution in [3.8, 4) is 11.8 Å². The zero-order valence-corrected chi connectivity index (χ0v) is 14.2. The molecule has 0 aliphatic carbocycles. The summed E-state index contributed by atoms with van der Waals surface area (Å²) in [5.41, 5.74) is 0.913. The van der Waals surface area contributed by atoms with E-state index in [-0.39, 0.29) is 13.2 Å². The Bertz CT molecular complexity index is 835. The first-order valence-electron chi connectivity index (χ1n) is 8.01. The van der Waals surface area contributed by atoms with Crippen molar-refractivity contribution < 1.29 is 27.5 Å². The fourth-order valence-corrected chi connectivity index (χ4v) is 2.03. The molecule has 0 saturated carbocycles. The minimum Gasteiger partial charge on any atom is -0.445 e. The quantitative estimate of drug-likeness (QED) is 0.486. The molecule has 4 nitrogen and oxygen atoms in total. The SMILES string of the molecule is O=C(NCCC#Cc1ccc(C(=O)C(F)(F)F)cc1)OCc1ccccc1. The third kappa shape index (κ3) is 6.86. The molecule has 1 amide bonds. The van der Waals surface area contributed by atoms with Gasteiger partial charge in [0.1, 0.15) is 6.61 Å². The van der Waals surface area contributed by atoms with Gasteiger partial charge in [-0.1, -0.05) is 42.2 Å². The van der Waals surface area contributed by atoms with Crippen LogP contribution in [0.2, 0.25) is 0 Å². The first-order valence-corrected chi connectivity index (χ1v) is 8.01. The second-order valence-corrected chi connectivity index (χ2v) is 5.44. The number of nitrogens with one attached hydrogen (secondary N) is 1. The van der Waals surface area contributed by atoms with Gasteiger partial charge in [-0.3, -0.25) is 4.79 Å². The predicted octanol–water partition coefficient (Wildman–Crippen LogP) is 4.10. The van der Waals surface area contributed by atoms with Gasteiger partial charge >= 0.3 is 12.3 Å². The average Bonchev–Trinajstić information content (AvgIpc) is 2.66. The van der Waals surface area contributed by atoms with E-state index in [0.29, 0.717) is 12.0 Å². The number of benzene rings is 2. The van der Waals surface area contributed by atoms with Crippen LogP contribution in [0.15, 0.2) is 54.6 Å². The maximum absolute atomic E-state index is 12.3. The highest BCUT2D eigenvalue weighted by Gasteiger charge is 2.39. The van der Waals surface area contributed by atoms with Crippen molar-refractivity contribution >= 4 is 11.9 Å². The molecule has 0 aliphatic heterocycles. The van der Waals surface area contributed by atoms with Crippen LogP contribution in [0.1, 0.15) is 27.9 Å². The molecule has 27 heavy (non-hydrogen) atoms. The number of ether oxygens (including phenoxy) is 1. The zero-order valence-electron chi connectivity index (χ0n) is 14.2. The monoisotopic (exact) mass is 375 g/mol. The van der Waals surface area contributed by atoms with E-state index in [0.717, 1.165) is 17.7 Å². The van der Waals surface area contributed by atoms with Crippen LogP contribution in [0.25, 0.3) is 0 Å². The van der Waals surface area contributed by atoms with Crippen LogP contribution in [-0.2, 0) is 11.3 Å². The van der Waals surface area contributed by atoms with Crippen molar-refractivity contribution in [3.63, 3.8) is 0 Å². The van der Waals surface area contributed by atoms with Crippen molar-refractivity contribution in [3.05, 3.63) is 71.3 Å². The summed E-state index contributed by atoms with van der Waals surface area (Å²) in [6.45, 7) is 0.437. The van der Waals surface area contributed by atoms with Gasteiger partial charge in [0.2, 0.25) is 0 Å². The Kier molecular flexibility index (Phi) is 7.00. The van der Waals surface area contributed by atoms with Gasteiger partial charge in [0.25, 0.3) is 5.78 Å². The lowest BCUT2D eigenvalue weighted by atomic mass is 10.1. The first kappa shape index (κ1) is 20.0. The lowest BCUT2D eigenvalue weighted by Crippen LogP contribution is -2.24. The molecule has 0 atom stereocenters. The van der Waals surface area contributed by atoms with E-state index >= 15 is 0 Å². The standard InChI is InChI=1S/C20H16F3NO3/c21-20(22,23)18(25)17-11-9-15(10-12-17)6-4-5-13-24-19(26)27-14-16-7-2-1-3-8-16/h1-3,7-12H,5,13-14H2,(H,24,26). The van der Waals surface area contributed by atoms with Crippen LogP contribution in [0.5, 0.6) is 0 Å². The van der Waals surface area contributed by atoms with Gasteiger partial charge in [-0.15, -0.1) is 0 Å². The number of ketones is 1. The maximum atomic E-state index is 12.3. The number of carbonyl (C=O) groups excluding carboxylic acids is 2. The van der Waals surface area contributed by atoms with Crippen LogP contribution in [0, 0.1) is 11.8 Å². The largest absolute Gasteiger partial charge is 0.454 e. The lowest BCUT2D eigenvalue weighted by Gasteiger charge is -2.05. The van der Waals surface area contributed by atoms with Crippen molar-refractivity contribution in [1.29, 1.82) is 0 Å². The lowest BCUT2D eigenvalue weighted by molar-refractivity contribution is -0.0885. The van der Waals surface area contributed by atoms with Gasteiger partial charge in [0.05, 0.1) is 0 Å². The summed E-state index contributed by atoms with van der Waals surface area (Å²) >= 11 is 0. The number of carbonyl (C=O) groups is 2. The minimum absolute atomic E-state index is 0.168. The van der Waals surface area contributed by atoms with E-state index < -0.39 is 23.6 Å². The molecule has 0 fully saturated rings. The van der Waals surface area contributed by atoms with E-state index in [2.05, 4.69) is 17.2 Å². The number of halogens is 3. The predicted molar refractivity (Wildman–Crippen MR) is 93.0 cm³/mol. The summed E-state index contributed by atoms with van der Waals surface area (Å²) in [7, 11) is 0. The second-order valence-electron chi connectivity index (χ2n) is 5.44. The molecule has 7 heteroatoms. The molecule has 0 radical (unpaired) electrons. The summed E-state index contributed by atoms with van der Waals surface area (Å²) in [5, 5.41) is 2.55. The maximum Gasteiger partial charge on any atom is 0.454 e. The van der Waals surface area contributed by atoms with Gasteiger partial charge in [-0.25, -0.2) is 4.79 Å². The molecule has 0 bridgehead atoms. The van der Waals surface area contributed by atoms with Crippen molar-refractivity contribution in [2.45, 2.75) is 19.2 Å². The molecule has 0 unspecified atom stereocenters. The van der Waals surface area contributed by atoms with Gasteiger partial charge in [0.15, 0.2) is 0 Å². The molecule has 2 aromatic rings. The van der Waals surface area contributed by atoms with E-state index in [9.17, 15) is 22.8 Å². The van der Waals surface area contributed by atoms with Crippen LogP contribution >= 0.6 is 0 Å². The van der Waals surface area contributed by atoms with E-state index in [1.807, 2.05) is 30.3 Å². The first-order chi connectivity index (χ1) is 12.9. The highest BCUT2D eigenvalue weighted by Crippen LogP contribution is 2.21. The van der Waals surface area contributed by atoms with Crippen LogP contribution < -0.4 is 5.32 Å². The van der Waals surface area contributed by atoms with Crippen LogP contribution in [0.4, 0.5) is 18.0 Å². The van der Waals surface area contributed by atoms with Gasteiger partial charge in [-0.2, -0.15) is 13.2 Å². The zero-order chi connectivity index (χ0) is 19.7. The Balaban J connectivity index is 1.72. The normalized spacial score (nSPS) is 10.5. The van der Waals surface area contributed by atoms with E-state index in [1.165, 1.54) is 12.1 Å². The Labute approximate surface area is 154 Å². The Morgan fingerprint density at radius 2 is 1.67 bits per heavy atom. The molecule has 140 valence electrons. The number of amides is 1. The topological polar surface area (TPSA) is 55.4 Å². The molecule has 0 heterocycles. The number of hydrogen-bond acceptors (Lipinski definition) is 3. The van der Waals surface area contributed by atoms with E-state index in [1.54, 1.807) is 0 Å². The fraction of sp³-hybridized carbons (Fsp3) is 0.200. The molecule has 0 spiro atoms. The average molecular weight is 375 g/mol. The Morgan fingerprint density at radius 1 is 1.00 bits per heavy atom. The van der Waals surface area contributed by atoms with Crippen LogP contribution in [0.3, 0.4) is 0 Å². The number of rotatable bonds is 5. The molecular formula is C20H16F3NO3. The molecule has 2 rings (SSSR count). The number of alkyl halides is 3. The third-order valence-corrected chi connectivity index (χ3v) is 3.37. The number of hydrogen-bond donors (Lipinski definition) is 1. The number of alkyl carbamates (subject to hydrolysis) is 1. The Morgan fingerprint density at radius 3 is 2.30 bits per heavy atom. The second kappa shape index (κ2) is 9.43. The molecule has 1 N–H and O–H groups in total. The molecule has 0 saturated heterocycles. The molecule has 0 aromatic heterocycles. The molecular weight excluding hydrogens is 359 g/mol. The highest BCUT2D eigenvalue weighted by atomic mass is 19.4. The summed E-state index contributed by atoms with van der Waals surface area (Å²) in [5.74, 6) is 3.64. The summed E-state index contributed by atoms with van der Waals surface area (Å²) in [4.78, 5) is 22.6. The summed E-state index contributed by atoms with van der Waals surface area (Å²) < 4.78 is 42.0. The molecule has 2 aromatic carbocycles. The molecule has 0 aliphatic rings.